The Kier molecular flexibility index (Phi) is 2.53. The molecule has 0 aliphatic carbocycles. The van der Waals surface area contributed by atoms with Crippen LogP contribution in [0.4, 0.5) is 0 Å². The minimum Gasteiger partial charge on any atom is -0.336 e. The first-order valence-corrected chi connectivity index (χ1v) is 5.22. The highest BCUT2D eigenvalue weighted by atomic mass is 35.5. The monoisotopic (exact) mass is 221 g/mol. The number of aldehydes is 1. The summed E-state index contributed by atoms with van der Waals surface area (Å²) < 4.78 is 1.96. The van der Waals surface area contributed by atoms with Crippen molar-refractivity contribution in [3.05, 3.63) is 34.5 Å². The molecule has 0 aliphatic rings. The summed E-state index contributed by atoms with van der Waals surface area (Å²) in [6, 6.07) is 5.82. The summed E-state index contributed by atoms with van der Waals surface area (Å²) in [6.45, 7) is 4.42. The highest BCUT2D eigenvalue weighted by Crippen LogP contribution is 2.30. The number of rotatable bonds is 2. The topological polar surface area (TPSA) is 22.0 Å². The van der Waals surface area contributed by atoms with Gasteiger partial charge in [-0.1, -0.05) is 23.7 Å². The zero-order chi connectivity index (χ0) is 11.0. The van der Waals surface area contributed by atoms with Crippen LogP contribution in [-0.2, 0) is 11.3 Å². The molecule has 15 heavy (non-hydrogen) atoms. The third-order valence-corrected chi connectivity index (χ3v) is 3.17. The van der Waals surface area contributed by atoms with E-state index in [1.165, 1.54) is 5.56 Å². The normalized spacial score (nSPS) is 10.9. The van der Waals surface area contributed by atoms with E-state index in [1.54, 1.807) is 0 Å². The number of carbonyl (C=O) groups is 1. The van der Waals surface area contributed by atoms with Crippen molar-refractivity contribution < 1.29 is 4.79 Å². The van der Waals surface area contributed by atoms with Crippen molar-refractivity contribution in [1.29, 1.82) is 0 Å². The number of carbonyl (C=O) groups excluding carboxylic acids is 1. The first-order chi connectivity index (χ1) is 7.16. The molecule has 0 saturated heterocycles. The van der Waals surface area contributed by atoms with E-state index in [9.17, 15) is 4.79 Å². The largest absolute Gasteiger partial charge is 0.336 e. The number of aromatic nitrogens is 1. The van der Waals surface area contributed by atoms with Gasteiger partial charge in [0.2, 0.25) is 0 Å². The lowest BCUT2D eigenvalue weighted by atomic mass is 10.2. The van der Waals surface area contributed by atoms with Crippen molar-refractivity contribution in [2.75, 3.05) is 0 Å². The Labute approximate surface area is 93.5 Å². The van der Waals surface area contributed by atoms with Gasteiger partial charge in [0.15, 0.2) is 0 Å². The van der Waals surface area contributed by atoms with Gasteiger partial charge in [-0.05, 0) is 25.5 Å². The maximum Gasteiger partial charge on any atom is 0.139 e. The van der Waals surface area contributed by atoms with Crippen LogP contribution >= 0.6 is 11.6 Å². The van der Waals surface area contributed by atoms with Gasteiger partial charge in [-0.2, -0.15) is 0 Å². The van der Waals surface area contributed by atoms with Gasteiger partial charge < -0.3 is 9.36 Å². The second-order valence-corrected chi connectivity index (χ2v) is 4.03. The number of para-hydroxylation sites is 1. The minimum absolute atomic E-state index is 0.361. The van der Waals surface area contributed by atoms with Crippen molar-refractivity contribution in [2.45, 2.75) is 20.4 Å². The summed E-state index contributed by atoms with van der Waals surface area (Å²) in [4.78, 5) is 10.6. The third kappa shape index (κ3) is 1.45. The van der Waals surface area contributed by atoms with Gasteiger partial charge in [0.05, 0.1) is 17.1 Å². The zero-order valence-electron chi connectivity index (χ0n) is 8.75. The Morgan fingerprint density at radius 2 is 2.13 bits per heavy atom. The van der Waals surface area contributed by atoms with Gasteiger partial charge in [-0.25, -0.2) is 0 Å². The van der Waals surface area contributed by atoms with Crippen LogP contribution in [0.5, 0.6) is 0 Å². The van der Waals surface area contributed by atoms with Gasteiger partial charge in [0, 0.05) is 11.1 Å². The van der Waals surface area contributed by atoms with Crippen molar-refractivity contribution in [3.63, 3.8) is 0 Å². The number of fused-ring (bicyclic) bond motifs is 1. The van der Waals surface area contributed by atoms with Gasteiger partial charge in [-0.3, -0.25) is 0 Å². The molecule has 0 amide bonds. The van der Waals surface area contributed by atoms with E-state index in [4.69, 9.17) is 11.6 Å². The molecule has 0 aliphatic heterocycles. The smallest absolute Gasteiger partial charge is 0.139 e. The summed E-state index contributed by atoms with van der Waals surface area (Å²) in [7, 11) is 0. The molecule has 0 saturated carbocycles. The van der Waals surface area contributed by atoms with E-state index in [-0.39, 0.29) is 0 Å². The minimum atomic E-state index is 0.361. The molecule has 0 N–H and O–H groups in total. The first kappa shape index (κ1) is 10.2. The lowest BCUT2D eigenvalue weighted by Gasteiger charge is -2.04. The van der Waals surface area contributed by atoms with E-state index in [0.717, 1.165) is 22.9 Å². The maximum absolute atomic E-state index is 10.6. The van der Waals surface area contributed by atoms with Crippen molar-refractivity contribution in [3.8, 4) is 0 Å². The second-order valence-electron chi connectivity index (χ2n) is 3.62. The fraction of sp³-hybridized carbons (Fsp3) is 0.250. The highest BCUT2D eigenvalue weighted by Gasteiger charge is 2.12. The molecule has 0 radical (unpaired) electrons. The molecule has 2 nitrogen and oxygen atoms in total. The van der Waals surface area contributed by atoms with Crippen molar-refractivity contribution >= 4 is 28.8 Å². The van der Waals surface area contributed by atoms with Gasteiger partial charge in [0.25, 0.3) is 0 Å². The first-order valence-electron chi connectivity index (χ1n) is 4.84. The summed E-state index contributed by atoms with van der Waals surface area (Å²) in [5.41, 5.74) is 3.25. The molecule has 2 aromatic rings. The number of hydrogen-bond acceptors (Lipinski definition) is 1. The summed E-state index contributed by atoms with van der Waals surface area (Å²) >= 11 is 6.15. The number of aryl methyl sites for hydroxylation is 1. The Morgan fingerprint density at radius 1 is 1.40 bits per heavy atom. The molecule has 78 valence electrons. The molecular formula is C12H12ClNO. The standard InChI is InChI=1S/C12H12ClNO/c1-8-9(2)14(6-7-15)12-10(8)4-3-5-11(12)13/h3-5,7H,6H2,1-2H3. The van der Waals surface area contributed by atoms with Crippen LogP contribution in [0.15, 0.2) is 18.2 Å². The Morgan fingerprint density at radius 3 is 2.80 bits per heavy atom. The van der Waals surface area contributed by atoms with E-state index < -0.39 is 0 Å². The van der Waals surface area contributed by atoms with Crippen LogP contribution in [0.1, 0.15) is 11.3 Å². The molecule has 3 heteroatoms. The molecule has 0 spiro atoms. The van der Waals surface area contributed by atoms with E-state index in [2.05, 4.69) is 6.92 Å². The van der Waals surface area contributed by atoms with Crippen LogP contribution in [0, 0.1) is 13.8 Å². The average molecular weight is 222 g/mol. The van der Waals surface area contributed by atoms with Gasteiger partial charge in [-0.15, -0.1) is 0 Å². The maximum atomic E-state index is 10.6. The average Bonchev–Trinajstić information content (AvgIpc) is 2.46. The third-order valence-electron chi connectivity index (χ3n) is 2.87. The molecule has 0 bridgehead atoms. The molecule has 2 rings (SSSR count). The predicted octanol–water partition coefficient (Wildman–Crippen LogP) is 3.11. The Balaban J connectivity index is 2.88. The van der Waals surface area contributed by atoms with Crippen LogP contribution < -0.4 is 0 Å². The lowest BCUT2D eigenvalue weighted by Crippen LogP contribution is -2.01. The van der Waals surface area contributed by atoms with Crippen LogP contribution in [0.25, 0.3) is 10.9 Å². The molecule has 0 fully saturated rings. The SMILES string of the molecule is Cc1c(C)n(CC=O)c2c(Cl)cccc12. The number of nitrogens with zero attached hydrogens (tertiary/aromatic N) is 1. The van der Waals surface area contributed by atoms with E-state index in [0.29, 0.717) is 11.6 Å². The van der Waals surface area contributed by atoms with Crippen LogP contribution in [-0.4, -0.2) is 10.9 Å². The van der Waals surface area contributed by atoms with Crippen molar-refractivity contribution in [1.82, 2.24) is 4.57 Å². The number of benzene rings is 1. The van der Waals surface area contributed by atoms with Gasteiger partial charge >= 0.3 is 0 Å². The molecular weight excluding hydrogens is 210 g/mol. The Bertz CT molecular complexity index is 528. The Hall–Kier alpha value is -1.28. The van der Waals surface area contributed by atoms with E-state index >= 15 is 0 Å². The number of halogens is 1. The van der Waals surface area contributed by atoms with Crippen LogP contribution in [0.2, 0.25) is 5.02 Å². The lowest BCUT2D eigenvalue weighted by molar-refractivity contribution is -0.108. The number of hydrogen-bond donors (Lipinski definition) is 0. The quantitative estimate of drug-likeness (QED) is 0.715. The second kappa shape index (κ2) is 3.70. The zero-order valence-corrected chi connectivity index (χ0v) is 9.51. The summed E-state index contributed by atoms with van der Waals surface area (Å²) in [6.07, 6.45) is 0.898. The fourth-order valence-electron chi connectivity index (χ4n) is 1.96. The van der Waals surface area contributed by atoms with Crippen LogP contribution in [0.3, 0.4) is 0 Å². The van der Waals surface area contributed by atoms with Crippen molar-refractivity contribution in [2.24, 2.45) is 0 Å². The summed E-state index contributed by atoms with van der Waals surface area (Å²) in [5, 5.41) is 1.83. The highest BCUT2D eigenvalue weighted by molar-refractivity contribution is 6.35. The molecule has 0 unspecified atom stereocenters. The fourth-order valence-corrected chi connectivity index (χ4v) is 2.24. The molecule has 1 aromatic carbocycles. The van der Waals surface area contributed by atoms with E-state index in [1.807, 2.05) is 29.7 Å². The molecule has 0 atom stereocenters. The summed E-state index contributed by atoms with van der Waals surface area (Å²) in [5.74, 6) is 0. The molecule has 1 heterocycles. The van der Waals surface area contributed by atoms with Gasteiger partial charge in [0.1, 0.15) is 6.29 Å². The molecule has 1 aromatic heterocycles. The predicted molar refractivity (Wildman–Crippen MR) is 62.5 cm³/mol.